The Morgan fingerprint density at radius 2 is 1.86 bits per heavy atom. The number of hydrogen-bond acceptors (Lipinski definition) is 4. The predicted octanol–water partition coefficient (Wildman–Crippen LogP) is 2.69. The minimum absolute atomic E-state index is 0.00868. The number of amides is 4. The standard InChI is InChI=1S/C20H30ClN5O3/c1-4-20(7-8-25(14-20)18(27)22-2)26-11-9-24(10-12-26)19(28)23-16-13-15(21)5-6-17(16)29-3/h5-6,13H,4,7-12,14H2,1-3H3,(H,22,27)(H,23,28)/t20-/m0/s1. The lowest BCUT2D eigenvalue weighted by molar-refractivity contribution is 0.0477. The van der Waals surface area contributed by atoms with Crippen LogP contribution in [-0.4, -0.2) is 85.7 Å². The van der Waals surface area contributed by atoms with Gasteiger partial charge in [0.25, 0.3) is 0 Å². The molecular weight excluding hydrogens is 394 g/mol. The van der Waals surface area contributed by atoms with Crippen LogP contribution < -0.4 is 15.4 Å². The van der Waals surface area contributed by atoms with E-state index in [-0.39, 0.29) is 17.6 Å². The van der Waals surface area contributed by atoms with E-state index in [1.54, 1.807) is 32.4 Å². The zero-order chi connectivity index (χ0) is 21.0. The molecule has 2 saturated heterocycles. The van der Waals surface area contributed by atoms with Gasteiger partial charge in [-0.1, -0.05) is 18.5 Å². The van der Waals surface area contributed by atoms with Crippen LogP contribution in [0.5, 0.6) is 5.75 Å². The number of halogens is 1. The van der Waals surface area contributed by atoms with Gasteiger partial charge in [0, 0.05) is 56.9 Å². The normalized spacial score (nSPS) is 22.5. The van der Waals surface area contributed by atoms with Gasteiger partial charge in [-0.3, -0.25) is 4.90 Å². The lowest BCUT2D eigenvalue weighted by atomic mass is 9.92. The van der Waals surface area contributed by atoms with Gasteiger partial charge in [0.15, 0.2) is 0 Å². The van der Waals surface area contributed by atoms with Gasteiger partial charge in [0.1, 0.15) is 5.75 Å². The zero-order valence-corrected chi connectivity index (χ0v) is 18.1. The van der Waals surface area contributed by atoms with Crippen molar-refractivity contribution in [3.63, 3.8) is 0 Å². The number of methoxy groups -OCH3 is 1. The molecule has 0 unspecified atom stereocenters. The summed E-state index contributed by atoms with van der Waals surface area (Å²) in [6.07, 6.45) is 1.94. The first kappa shape index (κ1) is 21.5. The van der Waals surface area contributed by atoms with Gasteiger partial charge in [-0.25, -0.2) is 9.59 Å². The highest BCUT2D eigenvalue weighted by Crippen LogP contribution is 2.33. The Hall–Kier alpha value is -2.19. The van der Waals surface area contributed by atoms with E-state index in [2.05, 4.69) is 22.5 Å². The molecule has 2 heterocycles. The van der Waals surface area contributed by atoms with E-state index in [1.165, 1.54) is 0 Å². The first-order chi connectivity index (χ1) is 13.9. The molecule has 0 bridgehead atoms. The topological polar surface area (TPSA) is 77.2 Å². The van der Waals surface area contributed by atoms with Crippen LogP contribution in [0.15, 0.2) is 18.2 Å². The Balaban J connectivity index is 1.59. The van der Waals surface area contributed by atoms with Gasteiger partial charge in [-0.2, -0.15) is 0 Å². The summed E-state index contributed by atoms with van der Waals surface area (Å²) in [5.41, 5.74) is 0.556. The van der Waals surface area contributed by atoms with E-state index in [0.717, 1.165) is 39.0 Å². The predicted molar refractivity (Wildman–Crippen MR) is 114 cm³/mol. The quantitative estimate of drug-likeness (QED) is 0.780. The second-order valence-corrected chi connectivity index (χ2v) is 7.99. The molecule has 2 aliphatic rings. The van der Waals surface area contributed by atoms with Crippen LogP contribution >= 0.6 is 11.6 Å². The van der Waals surface area contributed by atoms with Crippen LogP contribution in [-0.2, 0) is 0 Å². The molecule has 160 valence electrons. The molecule has 8 nitrogen and oxygen atoms in total. The monoisotopic (exact) mass is 423 g/mol. The molecule has 9 heteroatoms. The van der Waals surface area contributed by atoms with Crippen molar-refractivity contribution in [3.05, 3.63) is 23.2 Å². The Morgan fingerprint density at radius 3 is 2.48 bits per heavy atom. The minimum Gasteiger partial charge on any atom is -0.495 e. The highest BCUT2D eigenvalue weighted by Gasteiger charge is 2.44. The highest BCUT2D eigenvalue weighted by molar-refractivity contribution is 6.31. The summed E-state index contributed by atoms with van der Waals surface area (Å²) >= 11 is 6.05. The molecule has 0 spiro atoms. The summed E-state index contributed by atoms with van der Waals surface area (Å²) < 4.78 is 5.30. The Kier molecular flexibility index (Phi) is 6.74. The average Bonchev–Trinajstić information content (AvgIpc) is 3.19. The molecule has 2 fully saturated rings. The first-order valence-corrected chi connectivity index (χ1v) is 10.4. The van der Waals surface area contributed by atoms with Crippen molar-refractivity contribution < 1.29 is 14.3 Å². The SMILES string of the molecule is CC[C@]1(N2CCN(C(=O)Nc3cc(Cl)ccc3OC)CC2)CCN(C(=O)NC)C1. The second-order valence-electron chi connectivity index (χ2n) is 7.55. The third-order valence-corrected chi connectivity index (χ3v) is 6.37. The Bertz CT molecular complexity index is 754. The fourth-order valence-corrected chi connectivity index (χ4v) is 4.49. The molecular formula is C20H30ClN5O3. The number of carbonyl (C=O) groups is 2. The van der Waals surface area contributed by atoms with E-state index in [9.17, 15) is 9.59 Å². The van der Waals surface area contributed by atoms with E-state index < -0.39 is 0 Å². The number of urea groups is 2. The van der Waals surface area contributed by atoms with Crippen LogP contribution in [0.4, 0.5) is 15.3 Å². The number of benzene rings is 1. The van der Waals surface area contributed by atoms with Gasteiger partial charge in [-0.15, -0.1) is 0 Å². The molecule has 0 radical (unpaired) electrons. The van der Waals surface area contributed by atoms with Crippen molar-refractivity contribution >= 4 is 29.4 Å². The number of carbonyl (C=O) groups excluding carboxylic acids is 2. The van der Waals surface area contributed by atoms with Gasteiger partial charge >= 0.3 is 12.1 Å². The number of nitrogens with zero attached hydrogens (tertiary/aromatic N) is 3. The summed E-state index contributed by atoms with van der Waals surface area (Å²) in [5, 5.41) is 6.16. The molecule has 4 amide bonds. The lowest BCUT2D eigenvalue weighted by Crippen LogP contribution is -2.59. The molecule has 1 atom stereocenters. The van der Waals surface area contributed by atoms with Crippen molar-refractivity contribution in [1.29, 1.82) is 0 Å². The molecule has 0 saturated carbocycles. The summed E-state index contributed by atoms with van der Waals surface area (Å²) in [5.74, 6) is 0.576. The maximum absolute atomic E-state index is 12.7. The van der Waals surface area contributed by atoms with Gasteiger partial charge in [0.05, 0.1) is 12.8 Å². The number of nitrogens with one attached hydrogen (secondary N) is 2. The molecule has 0 aliphatic carbocycles. The van der Waals surface area contributed by atoms with Crippen LogP contribution in [0, 0.1) is 0 Å². The van der Waals surface area contributed by atoms with Crippen molar-refractivity contribution in [3.8, 4) is 5.75 Å². The van der Waals surface area contributed by atoms with Gasteiger partial charge in [-0.05, 0) is 31.0 Å². The number of anilines is 1. The summed E-state index contributed by atoms with van der Waals surface area (Å²) in [4.78, 5) is 30.9. The van der Waals surface area contributed by atoms with Crippen molar-refractivity contribution in [2.24, 2.45) is 0 Å². The number of hydrogen-bond donors (Lipinski definition) is 2. The van der Waals surface area contributed by atoms with Crippen molar-refractivity contribution in [2.75, 3.05) is 58.7 Å². The highest BCUT2D eigenvalue weighted by atomic mass is 35.5. The third kappa shape index (κ3) is 4.53. The molecule has 0 aromatic heterocycles. The third-order valence-electron chi connectivity index (χ3n) is 6.13. The zero-order valence-electron chi connectivity index (χ0n) is 17.3. The minimum atomic E-state index is -0.158. The number of piperazine rings is 1. The maximum Gasteiger partial charge on any atom is 0.322 e. The fraction of sp³-hybridized carbons (Fsp3) is 0.600. The van der Waals surface area contributed by atoms with Crippen LogP contribution in [0.3, 0.4) is 0 Å². The molecule has 1 aromatic carbocycles. The second kappa shape index (κ2) is 9.09. The van der Waals surface area contributed by atoms with Crippen molar-refractivity contribution in [2.45, 2.75) is 25.3 Å². The van der Waals surface area contributed by atoms with E-state index in [1.807, 2.05) is 9.80 Å². The first-order valence-electron chi connectivity index (χ1n) is 10.0. The molecule has 29 heavy (non-hydrogen) atoms. The molecule has 3 rings (SSSR count). The summed E-state index contributed by atoms with van der Waals surface area (Å²) in [6, 6.07) is 4.97. The van der Waals surface area contributed by atoms with E-state index >= 15 is 0 Å². The van der Waals surface area contributed by atoms with Crippen LogP contribution in [0.2, 0.25) is 5.02 Å². The largest absolute Gasteiger partial charge is 0.495 e. The summed E-state index contributed by atoms with van der Waals surface area (Å²) in [7, 11) is 3.23. The number of rotatable bonds is 4. The van der Waals surface area contributed by atoms with E-state index in [4.69, 9.17) is 16.3 Å². The lowest BCUT2D eigenvalue weighted by Gasteiger charge is -2.45. The molecule has 2 N–H and O–H groups in total. The van der Waals surface area contributed by atoms with Crippen molar-refractivity contribution in [1.82, 2.24) is 20.0 Å². The maximum atomic E-state index is 12.7. The van der Waals surface area contributed by atoms with Crippen LogP contribution in [0.25, 0.3) is 0 Å². The van der Waals surface area contributed by atoms with Gasteiger partial charge < -0.3 is 25.2 Å². The smallest absolute Gasteiger partial charge is 0.322 e. The van der Waals surface area contributed by atoms with E-state index in [0.29, 0.717) is 29.5 Å². The molecule has 1 aromatic rings. The number of likely N-dealkylation sites (tertiary alicyclic amines) is 1. The molecule has 2 aliphatic heterocycles. The summed E-state index contributed by atoms with van der Waals surface area (Å²) in [6.45, 7) is 6.52. The van der Waals surface area contributed by atoms with Gasteiger partial charge in [0.2, 0.25) is 0 Å². The average molecular weight is 424 g/mol. The Morgan fingerprint density at radius 1 is 1.14 bits per heavy atom. The number of ether oxygens (including phenoxy) is 1. The van der Waals surface area contributed by atoms with Crippen LogP contribution in [0.1, 0.15) is 19.8 Å². The fourth-order valence-electron chi connectivity index (χ4n) is 4.31. The Labute approximate surface area is 177 Å².